The number of rotatable bonds is 5. The second kappa shape index (κ2) is 7.10. The fourth-order valence-electron chi connectivity index (χ4n) is 2.03. The lowest BCUT2D eigenvalue weighted by Gasteiger charge is -2.02. The summed E-state index contributed by atoms with van der Waals surface area (Å²) >= 11 is 2.91. The molecule has 24 heavy (non-hydrogen) atoms. The first-order valence-corrected chi connectivity index (χ1v) is 8.95. The van der Waals surface area contributed by atoms with Crippen LogP contribution in [0.15, 0.2) is 27.7 Å². The van der Waals surface area contributed by atoms with Gasteiger partial charge in [-0.2, -0.15) is 0 Å². The van der Waals surface area contributed by atoms with E-state index in [2.05, 4.69) is 25.7 Å². The van der Waals surface area contributed by atoms with Crippen LogP contribution in [0.5, 0.6) is 0 Å². The number of anilines is 1. The molecular formula is C15H15N5O2S2. The molecule has 0 aliphatic rings. The number of carbonyl (C=O) groups excluding carboxylic acids is 1. The molecule has 9 heteroatoms. The van der Waals surface area contributed by atoms with Crippen molar-refractivity contribution in [1.82, 2.24) is 20.3 Å². The second-order valence-corrected chi connectivity index (χ2v) is 7.26. The number of thioether (sulfide) groups is 1. The van der Waals surface area contributed by atoms with Crippen molar-refractivity contribution in [1.29, 1.82) is 0 Å². The molecule has 0 fully saturated rings. The molecule has 1 N–H and O–H groups in total. The van der Waals surface area contributed by atoms with Crippen LogP contribution in [0, 0.1) is 20.8 Å². The lowest BCUT2D eigenvalue weighted by atomic mass is 10.3. The summed E-state index contributed by atoms with van der Waals surface area (Å²) in [5, 5.41) is 16.5. The average Bonchev–Trinajstić information content (AvgIpc) is 3.10. The third kappa shape index (κ3) is 3.98. The van der Waals surface area contributed by atoms with Gasteiger partial charge in [-0.05, 0) is 32.9 Å². The Bertz CT molecular complexity index is 857. The lowest BCUT2D eigenvalue weighted by Crippen LogP contribution is -2.14. The molecule has 124 valence electrons. The Balaban J connectivity index is 1.58. The van der Waals surface area contributed by atoms with Crippen molar-refractivity contribution in [2.75, 3.05) is 11.1 Å². The van der Waals surface area contributed by atoms with Gasteiger partial charge >= 0.3 is 0 Å². The van der Waals surface area contributed by atoms with Crippen LogP contribution in [0.25, 0.3) is 10.6 Å². The third-order valence-electron chi connectivity index (χ3n) is 3.02. The molecular weight excluding hydrogens is 346 g/mol. The Morgan fingerprint density at radius 2 is 2.12 bits per heavy atom. The summed E-state index contributed by atoms with van der Waals surface area (Å²) in [4.78, 5) is 17.3. The predicted octanol–water partition coefficient (Wildman–Crippen LogP) is 3.24. The van der Waals surface area contributed by atoms with Crippen molar-refractivity contribution in [2.24, 2.45) is 0 Å². The van der Waals surface area contributed by atoms with Gasteiger partial charge in [0, 0.05) is 6.07 Å². The van der Waals surface area contributed by atoms with E-state index in [1.54, 1.807) is 24.3 Å². The fraction of sp³-hybridized carbons (Fsp3) is 0.267. The monoisotopic (exact) mass is 361 g/mol. The highest BCUT2D eigenvalue weighted by atomic mass is 32.2. The van der Waals surface area contributed by atoms with E-state index < -0.39 is 0 Å². The number of nitrogens with zero attached hydrogens (tertiary/aromatic N) is 4. The van der Waals surface area contributed by atoms with E-state index in [4.69, 9.17) is 4.52 Å². The van der Waals surface area contributed by atoms with Gasteiger partial charge in [0.2, 0.25) is 5.91 Å². The summed E-state index contributed by atoms with van der Waals surface area (Å²) in [6, 6.07) is 5.42. The largest absolute Gasteiger partial charge is 0.360 e. The van der Waals surface area contributed by atoms with Gasteiger partial charge in [0.25, 0.3) is 0 Å². The fourth-order valence-corrected chi connectivity index (χ4v) is 3.53. The van der Waals surface area contributed by atoms with E-state index in [1.807, 2.05) is 26.0 Å². The third-order valence-corrected chi connectivity index (χ3v) is 5.04. The van der Waals surface area contributed by atoms with E-state index in [-0.39, 0.29) is 11.7 Å². The van der Waals surface area contributed by atoms with E-state index >= 15 is 0 Å². The minimum absolute atomic E-state index is 0.173. The molecule has 0 aromatic carbocycles. The van der Waals surface area contributed by atoms with Crippen LogP contribution in [0.2, 0.25) is 0 Å². The molecule has 3 aromatic heterocycles. The average molecular weight is 361 g/mol. The highest BCUT2D eigenvalue weighted by molar-refractivity contribution is 7.99. The number of hydrogen-bond donors (Lipinski definition) is 1. The molecule has 3 rings (SSSR count). The molecule has 0 bridgehead atoms. The summed E-state index contributed by atoms with van der Waals surface area (Å²) in [7, 11) is 0. The van der Waals surface area contributed by atoms with E-state index in [1.165, 1.54) is 11.8 Å². The van der Waals surface area contributed by atoms with Gasteiger partial charge in [-0.25, -0.2) is 4.98 Å². The zero-order valence-corrected chi connectivity index (χ0v) is 15.0. The quantitative estimate of drug-likeness (QED) is 0.697. The van der Waals surface area contributed by atoms with E-state index in [9.17, 15) is 4.79 Å². The van der Waals surface area contributed by atoms with Crippen LogP contribution in [0.3, 0.4) is 0 Å². The Hall–Kier alpha value is -2.26. The zero-order chi connectivity index (χ0) is 17.1. The SMILES string of the molecule is Cc1cc(NC(=O)CSc2ccc(-c3sc(C)nc3C)nn2)no1. The van der Waals surface area contributed by atoms with Crippen LogP contribution in [0.4, 0.5) is 5.82 Å². The maximum absolute atomic E-state index is 11.9. The van der Waals surface area contributed by atoms with Crippen molar-refractivity contribution >= 4 is 34.8 Å². The van der Waals surface area contributed by atoms with Gasteiger partial charge in [0.1, 0.15) is 16.5 Å². The molecule has 0 spiro atoms. The lowest BCUT2D eigenvalue weighted by molar-refractivity contribution is -0.113. The van der Waals surface area contributed by atoms with Crippen LogP contribution in [-0.4, -0.2) is 32.0 Å². The van der Waals surface area contributed by atoms with Crippen molar-refractivity contribution in [3.8, 4) is 10.6 Å². The van der Waals surface area contributed by atoms with Crippen molar-refractivity contribution < 1.29 is 9.32 Å². The minimum atomic E-state index is -0.173. The first-order chi connectivity index (χ1) is 11.5. The first-order valence-electron chi connectivity index (χ1n) is 7.15. The van der Waals surface area contributed by atoms with Gasteiger partial charge < -0.3 is 9.84 Å². The van der Waals surface area contributed by atoms with Crippen LogP contribution >= 0.6 is 23.1 Å². The van der Waals surface area contributed by atoms with Gasteiger partial charge in [-0.3, -0.25) is 4.79 Å². The number of nitrogens with one attached hydrogen (secondary N) is 1. The minimum Gasteiger partial charge on any atom is -0.360 e. The highest BCUT2D eigenvalue weighted by Gasteiger charge is 2.11. The summed E-state index contributed by atoms with van der Waals surface area (Å²) < 4.78 is 4.90. The summed E-state index contributed by atoms with van der Waals surface area (Å²) in [5.41, 5.74) is 1.75. The number of aryl methyl sites for hydroxylation is 3. The zero-order valence-electron chi connectivity index (χ0n) is 13.4. The Labute approximate surface area is 146 Å². The topological polar surface area (TPSA) is 93.8 Å². The van der Waals surface area contributed by atoms with Crippen molar-refractivity contribution in [3.05, 3.63) is 34.7 Å². The second-order valence-electron chi connectivity index (χ2n) is 5.06. The van der Waals surface area contributed by atoms with Crippen molar-refractivity contribution in [2.45, 2.75) is 25.8 Å². The summed E-state index contributed by atoms with van der Waals surface area (Å²) in [6.07, 6.45) is 0. The maximum Gasteiger partial charge on any atom is 0.236 e. The van der Waals surface area contributed by atoms with Gasteiger partial charge in [0.05, 0.1) is 21.3 Å². The molecule has 3 heterocycles. The molecule has 3 aromatic rings. The van der Waals surface area contributed by atoms with Gasteiger partial charge in [0.15, 0.2) is 5.82 Å². The molecule has 0 aliphatic heterocycles. The normalized spacial score (nSPS) is 10.8. The smallest absolute Gasteiger partial charge is 0.236 e. The Morgan fingerprint density at radius 1 is 1.29 bits per heavy atom. The number of thiazole rings is 1. The predicted molar refractivity (Wildman–Crippen MR) is 93.2 cm³/mol. The molecule has 1 amide bonds. The molecule has 0 atom stereocenters. The number of aromatic nitrogens is 4. The van der Waals surface area contributed by atoms with Crippen molar-refractivity contribution in [3.63, 3.8) is 0 Å². The first kappa shape index (κ1) is 16.6. The molecule has 0 saturated carbocycles. The maximum atomic E-state index is 11.9. The number of hydrogen-bond acceptors (Lipinski definition) is 8. The number of amides is 1. The number of carbonyl (C=O) groups is 1. The molecule has 0 aliphatic carbocycles. The van der Waals surface area contributed by atoms with Gasteiger partial charge in [-0.15, -0.1) is 21.5 Å². The standard InChI is InChI=1S/C15H15N5O2S2/c1-8-6-12(20-22-8)17-13(21)7-23-14-5-4-11(18-19-14)15-9(2)16-10(3)24-15/h4-6H,7H2,1-3H3,(H,17,20,21). The highest BCUT2D eigenvalue weighted by Crippen LogP contribution is 2.28. The van der Waals surface area contributed by atoms with Crippen LogP contribution in [0.1, 0.15) is 16.5 Å². The van der Waals surface area contributed by atoms with E-state index in [0.717, 1.165) is 21.3 Å². The van der Waals surface area contributed by atoms with E-state index in [0.29, 0.717) is 16.6 Å². The Kier molecular flexibility index (Phi) is 4.91. The summed E-state index contributed by atoms with van der Waals surface area (Å²) in [5.74, 6) is 1.11. The molecule has 7 nitrogen and oxygen atoms in total. The molecule has 0 saturated heterocycles. The van der Waals surface area contributed by atoms with Crippen LogP contribution in [-0.2, 0) is 4.79 Å². The van der Waals surface area contributed by atoms with Gasteiger partial charge in [-0.1, -0.05) is 16.9 Å². The molecule has 0 radical (unpaired) electrons. The van der Waals surface area contributed by atoms with Crippen LogP contribution < -0.4 is 5.32 Å². The molecule has 0 unspecified atom stereocenters. The summed E-state index contributed by atoms with van der Waals surface area (Å²) in [6.45, 7) is 5.69. The Morgan fingerprint density at radius 3 is 2.71 bits per heavy atom.